The van der Waals surface area contributed by atoms with Gasteiger partial charge in [-0.1, -0.05) is 33.8 Å². The van der Waals surface area contributed by atoms with Crippen LogP contribution in [0.25, 0.3) is 0 Å². The van der Waals surface area contributed by atoms with E-state index in [2.05, 4.69) is 36.6 Å². The molecule has 1 aromatic rings. The van der Waals surface area contributed by atoms with Crippen molar-refractivity contribution in [2.24, 2.45) is 5.41 Å². The highest BCUT2D eigenvalue weighted by Gasteiger charge is 2.31. The Morgan fingerprint density at radius 3 is 2.43 bits per heavy atom. The minimum absolute atomic E-state index is 0.0269. The molecule has 0 bridgehead atoms. The summed E-state index contributed by atoms with van der Waals surface area (Å²) in [5, 5.41) is 0.0870. The van der Waals surface area contributed by atoms with Crippen molar-refractivity contribution in [3.63, 3.8) is 0 Å². The highest BCUT2D eigenvalue weighted by atomic mass is 32.2. The van der Waals surface area contributed by atoms with E-state index in [1.54, 1.807) is 19.2 Å². The molecule has 1 heterocycles. The predicted octanol–water partition coefficient (Wildman–Crippen LogP) is 1.23. The molecule has 0 aromatic carbocycles. The van der Waals surface area contributed by atoms with Crippen LogP contribution in [0.5, 0.6) is 0 Å². The number of hydrogen-bond donors (Lipinski definition) is 2. The van der Waals surface area contributed by atoms with Crippen molar-refractivity contribution < 1.29 is 8.42 Å². The van der Waals surface area contributed by atoms with Crippen molar-refractivity contribution in [1.82, 2.24) is 20.1 Å². The lowest BCUT2D eigenvalue weighted by Gasteiger charge is -2.34. The van der Waals surface area contributed by atoms with Crippen molar-refractivity contribution >= 4 is 10.0 Å². The van der Waals surface area contributed by atoms with Gasteiger partial charge in [0.1, 0.15) is 0 Å². The van der Waals surface area contributed by atoms with Gasteiger partial charge in [0.15, 0.2) is 5.03 Å². The Morgan fingerprint density at radius 2 is 2.00 bits per heavy atom. The third kappa shape index (κ3) is 4.74. The van der Waals surface area contributed by atoms with E-state index in [0.717, 1.165) is 0 Å². The molecule has 0 aliphatic rings. The molecule has 21 heavy (non-hydrogen) atoms. The van der Waals surface area contributed by atoms with E-state index in [1.165, 1.54) is 16.6 Å². The van der Waals surface area contributed by atoms with Gasteiger partial charge in [-0.3, -0.25) is 10.9 Å². The average molecular weight is 314 g/mol. The Hall–Kier alpha value is -1.02. The second kappa shape index (κ2) is 7.31. The molecule has 1 aromatic heterocycles. The summed E-state index contributed by atoms with van der Waals surface area (Å²) in [4.78, 5) is 3.97. The Morgan fingerprint density at radius 1 is 1.33 bits per heavy atom. The Kier molecular flexibility index (Phi) is 6.27. The molecular formula is C14H26N4O2S. The van der Waals surface area contributed by atoms with E-state index in [0.29, 0.717) is 13.1 Å². The summed E-state index contributed by atoms with van der Waals surface area (Å²) in [5.41, 5.74) is 5.96. The molecule has 0 amide bonds. The smallest absolute Gasteiger partial charge is 0.260 e. The van der Waals surface area contributed by atoms with Gasteiger partial charge in [0.05, 0.1) is 0 Å². The second-order valence-electron chi connectivity index (χ2n) is 5.94. The van der Waals surface area contributed by atoms with Gasteiger partial charge in [-0.15, -0.1) is 0 Å². The van der Waals surface area contributed by atoms with Crippen LogP contribution in [0.15, 0.2) is 29.4 Å². The van der Waals surface area contributed by atoms with Gasteiger partial charge in [-0.25, -0.2) is 13.4 Å². The minimum atomic E-state index is -3.57. The lowest BCUT2D eigenvalue weighted by atomic mass is 9.87. The normalized spacial score (nSPS) is 14.4. The summed E-state index contributed by atoms with van der Waals surface area (Å²) < 4.78 is 26.7. The zero-order chi connectivity index (χ0) is 16.1. The summed E-state index contributed by atoms with van der Waals surface area (Å²) in [5.74, 6) is 0. The average Bonchev–Trinajstić information content (AvgIpc) is 2.43. The van der Waals surface area contributed by atoms with Crippen LogP contribution in [-0.4, -0.2) is 43.9 Å². The lowest BCUT2D eigenvalue weighted by molar-refractivity contribution is 0.212. The van der Waals surface area contributed by atoms with E-state index in [1.807, 2.05) is 6.92 Å². The van der Waals surface area contributed by atoms with E-state index in [4.69, 9.17) is 0 Å². The monoisotopic (exact) mass is 314 g/mol. The molecule has 120 valence electrons. The summed E-state index contributed by atoms with van der Waals surface area (Å²) in [6, 6.07) is 4.88. The molecule has 1 rings (SSSR count). The molecule has 6 nitrogen and oxygen atoms in total. The number of aromatic nitrogens is 1. The van der Waals surface area contributed by atoms with Gasteiger partial charge in [0.25, 0.3) is 10.0 Å². The van der Waals surface area contributed by atoms with Gasteiger partial charge in [0.2, 0.25) is 0 Å². The molecule has 0 spiro atoms. The SMILES string of the molecule is CCN(C[C@@H](NNC)C(C)(C)C)S(=O)(=O)c1ccccn1. The van der Waals surface area contributed by atoms with Gasteiger partial charge < -0.3 is 0 Å². The van der Waals surface area contributed by atoms with E-state index in [-0.39, 0.29) is 16.5 Å². The van der Waals surface area contributed by atoms with Crippen LogP contribution >= 0.6 is 0 Å². The molecule has 0 saturated carbocycles. The van der Waals surface area contributed by atoms with Crippen molar-refractivity contribution in [3.05, 3.63) is 24.4 Å². The molecule has 0 radical (unpaired) electrons. The topological polar surface area (TPSA) is 74.3 Å². The first-order valence-corrected chi connectivity index (χ1v) is 8.51. The zero-order valence-corrected chi connectivity index (χ0v) is 14.2. The number of pyridine rings is 1. The van der Waals surface area contributed by atoms with Gasteiger partial charge in [0, 0.05) is 25.3 Å². The number of nitrogens with one attached hydrogen (secondary N) is 2. The Bertz CT molecular complexity index is 526. The van der Waals surface area contributed by atoms with Crippen molar-refractivity contribution in [1.29, 1.82) is 0 Å². The maximum absolute atomic E-state index is 12.6. The van der Waals surface area contributed by atoms with Gasteiger partial charge in [-0.2, -0.15) is 4.31 Å². The fraction of sp³-hybridized carbons (Fsp3) is 0.643. The second-order valence-corrected chi connectivity index (χ2v) is 7.82. The molecule has 0 fully saturated rings. The van der Waals surface area contributed by atoms with Crippen LogP contribution in [0.1, 0.15) is 27.7 Å². The van der Waals surface area contributed by atoms with E-state index in [9.17, 15) is 8.42 Å². The third-order valence-electron chi connectivity index (χ3n) is 3.34. The van der Waals surface area contributed by atoms with Crippen LogP contribution in [0.3, 0.4) is 0 Å². The summed E-state index contributed by atoms with van der Waals surface area (Å²) in [7, 11) is -1.79. The minimum Gasteiger partial charge on any atom is -0.261 e. The first kappa shape index (κ1) is 18.0. The van der Waals surface area contributed by atoms with Crippen LogP contribution in [0.4, 0.5) is 0 Å². The summed E-state index contributed by atoms with van der Waals surface area (Å²) in [6.07, 6.45) is 1.49. The Balaban J connectivity index is 3.02. The maximum atomic E-state index is 12.6. The fourth-order valence-electron chi connectivity index (χ4n) is 1.94. The molecule has 1 atom stereocenters. The molecule has 0 aliphatic heterocycles. The van der Waals surface area contributed by atoms with Crippen molar-refractivity contribution in [3.8, 4) is 0 Å². The van der Waals surface area contributed by atoms with Gasteiger partial charge in [-0.05, 0) is 24.6 Å². The Labute approximate surface area is 128 Å². The molecular weight excluding hydrogens is 288 g/mol. The summed E-state index contributed by atoms with van der Waals surface area (Å²) >= 11 is 0. The molecule has 0 unspecified atom stereocenters. The largest absolute Gasteiger partial charge is 0.261 e. The number of likely N-dealkylation sites (N-methyl/N-ethyl adjacent to an activating group) is 1. The molecule has 2 N–H and O–H groups in total. The van der Waals surface area contributed by atoms with E-state index >= 15 is 0 Å². The number of hydrazine groups is 1. The predicted molar refractivity (Wildman–Crippen MR) is 84.1 cm³/mol. The highest BCUT2D eigenvalue weighted by molar-refractivity contribution is 7.89. The highest BCUT2D eigenvalue weighted by Crippen LogP contribution is 2.22. The fourth-order valence-corrected chi connectivity index (χ4v) is 3.34. The van der Waals surface area contributed by atoms with Crippen LogP contribution < -0.4 is 10.9 Å². The first-order chi connectivity index (χ1) is 9.73. The molecule has 0 saturated heterocycles. The maximum Gasteiger partial charge on any atom is 0.260 e. The van der Waals surface area contributed by atoms with Gasteiger partial charge >= 0.3 is 0 Å². The van der Waals surface area contributed by atoms with Crippen LogP contribution in [0.2, 0.25) is 0 Å². The molecule has 0 aliphatic carbocycles. The first-order valence-electron chi connectivity index (χ1n) is 7.07. The van der Waals surface area contributed by atoms with Crippen LogP contribution in [-0.2, 0) is 10.0 Å². The van der Waals surface area contributed by atoms with Crippen molar-refractivity contribution in [2.45, 2.75) is 38.8 Å². The molecule has 7 heteroatoms. The number of hydrogen-bond acceptors (Lipinski definition) is 5. The number of nitrogens with zero attached hydrogens (tertiary/aromatic N) is 2. The summed E-state index contributed by atoms with van der Waals surface area (Å²) in [6.45, 7) is 8.83. The van der Waals surface area contributed by atoms with Crippen LogP contribution in [0, 0.1) is 5.41 Å². The third-order valence-corrected chi connectivity index (χ3v) is 5.20. The zero-order valence-electron chi connectivity index (χ0n) is 13.4. The number of sulfonamides is 1. The van der Waals surface area contributed by atoms with E-state index < -0.39 is 10.0 Å². The van der Waals surface area contributed by atoms with Crippen molar-refractivity contribution in [2.75, 3.05) is 20.1 Å². The lowest BCUT2D eigenvalue weighted by Crippen LogP contribution is -2.53. The standard InChI is InChI=1S/C14H26N4O2S/c1-6-18(11-12(17-15-5)14(2,3)4)21(19,20)13-9-7-8-10-16-13/h7-10,12,15,17H,6,11H2,1-5H3/t12-/m1/s1. The quantitative estimate of drug-likeness (QED) is 0.741. The number of rotatable bonds is 7.